The Labute approximate surface area is 111 Å². The lowest BCUT2D eigenvalue weighted by molar-refractivity contribution is -0.148. The summed E-state index contributed by atoms with van der Waals surface area (Å²) in [5.74, 6) is -0.0788. The van der Waals surface area contributed by atoms with Gasteiger partial charge in [-0.2, -0.15) is 0 Å². The summed E-state index contributed by atoms with van der Waals surface area (Å²) in [6.45, 7) is 4.40. The average Bonchev–Trinajstić information content (AvgIpc) is 2.39. The van der Waals surface area contributed by atoms with Crippen molar-refractivity contribution in [3.8, 4) is 0 Å². The van der Waals surface area contributed by atoms with Gasteiger partial charge in [0, 0.05) is 6.04 Å². The van der Waals surface area contributed by atoms with E-state index in [9.17, 15) is 4.79 Å². The number of methoxy groups -OCH3 is 1. The van der Waals surface area contributed by atoms with Crippen LogP contribution in [0.4, 0.5) is 0 Å². The molecule has 4 heteroatoms. The maximum absolute atomic E-state index is 11.9. The van der Waals surface area contributed by atoms with Crippen LogP contribution in [0.25, 0.3) is 0 Å². The smallest absolute Gasteiger partial charge is 0.323 e. The highest BCUT2D eigenvalue weighted by atomic mass is 16.5. The number of esters is 1. The summed E-state index contributed by atoms with van der Waals surface area (Å²) < 4.78 is 4.95. The maximum Gasteiger partial charge on any atom is 0.323 e. The molecular weight excluding hydrogens is 228 g/mol. The van der Waals surface area contributed by atoms with Crippen molar-refractivity contribution in [2.75, 3.05) is 34.3 Å². The third-order valence-corrected chi connectivity index (χ3v) is 4.06. The van der Waals surface area contributed by atoms with E-state index in [-0.39, 0.29) is 12.0 Å². The molecule has 0 aromatic heterocycles. The quantitative estimate of drug-likeness (QED) is 0.678. The number of carbonyl (C=O) groups is 1. The first kappa shape index (κ1) is 15.4. The van der Waals surface area contributed by atoms with Gasteiger partial charge in [-0.3, -0.25) is 9.69 Å². The summed E-state index contributed by atoms with van der Waals surface area (Å²) in [5.41, 5.74) is 0. The molecule has 0 bridgehead atoms. The number of unbranched alkanes of at least 4 members (excludes halogenated alkanes) is 1. The number of carbonyl (C=O) groups excluding carboxylic acids is 1. The number of likely N-dealkylation sites (N-methyl/N-ethyl adjacent to an activating group) is 1. The first-order valence-corrected chi connectivity index (χ1v) is 7.08. The van der Waals surface area contributed by atoms with Gasteiger partial charge in [0.25, 0.3) is 0 Å². The van der Waals surface area contributed by atoms with Crippen molar-refractivity contribution >= 4 is 5.97 Å². The second-order valence-corrected chi connectivity index (χ2v) is 5.38. The van der Waals surface area contributed by atoms with Gasteiger partial charge >= 0.3 is 5.97 Å². The summed E-state index contributed by atoms with van der Waals surface area (Å²) >= 11 is 0. The van der Waals surface area contributed by atoms with Gasteiger partial charge < -0.3 is 9.64 Å². The van der Waals surface area contributed by atoms with E-state index in [0.717, 1.165) is 45.2 Å². The Balaban J connectivity index is 2.57. The van der Waals surface area contributed by atoms with Crippen LogP contribution in [0.2, 0.25) is 0 Å². The highest BCUT2D eigenvalue weighted by Gasteiger charge is 2.30. The first-order valence-electron chi connectivity index (χ1n) is 7.08. The summed E-state index contributed by atoms with van der Waals surface area (Å²) in [6.07, 6.45) is 5.40. The number of rotatable bonds is 6. The van der Waals surface area contributed by atoms with E-state index < -0.39 is 0 Å². The van der Waals surface area contributed by atoms with Crippen molar-refractivity contribution in [2.24, 2.45) is 0 Å². The van der Waals surface area contributed by atoms with Crippen molar-refractivity contribution < 1.29 is 9.53 Å². The number of hydrogen-bond donors (Lipinski definition) is 0. The third kappa shape index (κ3) is 4.25. The van der Waals surface area contributed by atoms with Crippen molar-refractivity contribution in [2.45, 2.75) is 51.1 Å². The summed E-state index contributed by atoms with van der Waals surface area (Å²) in [6, 6.07) is 0.450. The molecular formula is C14H28N2O2. The van der Waals surface area contributed by atoms with E-state index in [2.05, 4.69) is 30.8 Å². The highest BCUT2D eigenvalue weighted by molar-refractivity contribution is 5.75. The number of hydrogen-bond acceptors (Lipinski definition) is 4. The molecule has 1 aliphatic heterocycles. The Morgan fingerprint density at radius 1 is 1.44 bits per heavy atom. The zero-order valence-electron chi connectivity index (χ0n) is 12.3. The lowest BCUT2D eigenvalue weighted by Crippen LogP contribution is -2.49. The summed E-state index contributed by atoms with van der Waals surface area (Å²) in [7, 11) is 5.72. The fraction of sp³-hybridized carbons (Fsp3) is 0.929. The molecule has 0 aromatic carbocycles. The average molecular weight is 256 g/mol. The predicted octanol–water partition coefficient (Wildman–Crippen LogP) is 1.74. The Kier molecular flexibility index (Phi) is 6.65. The van der Waals surface area contributed by atoms with Crippen LogP contribution >= 0.6 is 0 Å². The second kappa shape index (κ2) is 7.74. The molecule has 106 valence electrons. The summed E-state index contributed by atoms with van der Waals surface area (Å²) in [5, 5.41) is 0. The molecule has 1 fully saturated rings. The van der Waals surface area contributed by atoms with Gasteiger partial charge in [-0.05, 0) is 46.4 Å². The molecule has 18 heavy (non-hydrogen) atoms. The molecule has 1 aliphatic rings. The Hall–Kier alpha value is -0.610. The second-order valence-electron chi connectivity index (χ2n) is 5.38. The predicted molar refractivity (Wildman–Crippen MR) is 73.6 cm³/mol. The lowest BCUT2D eigenvalue weighted by Gasteiger charge is -2.38. The molecule has 0 N–H and O–H groups in total. The Bertz CT molecular complexity index is 250. The SMILES string of the molecule is CCCCC(C(=O)OC)N(C)C1CCN(C)CC1. The summed E-state index contributed by atoms with van der Waals surface area (Å²) in [4.78, 5) is 16.5. The fourth-order valence-electron chi connectivity index (χ4n) is 2.68. The van der Waals surface area contributed by atoms with Crippen LogP contribution in [0.15, 0.2) is 0 Å². The largest absolute Gasteiger partial charge is 0.468 e. The van der Waals surface area contributed by atoms with E-state index in [1.165, 1.54) is 7.11 Å². The normalized spacial score (nSPS) is 20.1. The monoisotopic (exact) mass is 256 g/mol. The van der Waals surface area contributed by atoms with E-state index in [0.29, 0.717) is 6.04 Å². The van der Waals surface area contributed by atoms with Crippen LogP contribution in [0.3, 0.4) is 0 Å². The van der Waals surface area contributed by atoms with Gasteiger partial charge in [-0.25, -0.2) is 0 Å². The van der Waals surface area contributed by atoms with Gasteiger partial charge in [0.15, 0.2) is 0 Å². The Morgan fingerprint density at radius 2 is 2.06 bits per heavy atom. The molecule has 0 aromatic rings. The molecule has 0 saturated carbocycles. The van der Waals surface area contributed by atoms with Gasteiger partial charge in [-0.15, -0.1) is 0 Å². The molecule has 4 nitrogen and oxygen atoms in total. The van der Waals surface area contributed by atoms with Gasteiger partial charge in [0.2, 0.25) is 0 Å². The maximum atomic E-state index is 11.9. The molecule has 1 saturated heterocycles. The number of likely N-dealkylation sites (tertiary alicyclic amines) is 1. The van der Waals surface area contributed by atoms with Crippen LogP contribution in [0.1, 0.15) is 39.0 Å². The third-order valence-electron chi connectivity index (χ3n) is 4.06. The minimum Gasteiger partial charge on any atom is -0.468 e. The van der Waals surface area contributed by atoms with Crippen molar-refractivity contribution in [1.82, 2.24) is 9.80 Å². The van der Waals surface area contributed by atoms with Gasteiger partial charge in [-0.1, -0.05) is 19.8 Å². The van der Waals surface area contributed by atoms with Crippen LogP contribution in [0, 0.1) is 0 Å². The van der Waals surface area contributed by atoms with Crippen LogP contribution in [0.5, 0.6) is 0 Å². The molecule has 0 spiro atoms. The van der Waals surface area contributed by atoms with E-state index in [1.807, 2.05) is 0 Å². The number of piperidine rings is 1. The molecule has 1 atom stereocenters. The van der Waals surface area contributed by atoms with Gasteiger partial charge in [0.05, 0.1) is 7.11 Å². The van der Waals surface area contributed by atoms with E-state index in [4.69, 9.17) is 4.74 Å². The van der Waals surface area contributed by atoms with Crippen LogP contribution in [-0.4, -0.2) is 62.1 Å². The van der Waals surface area contributed by atoms with E-state index in [1.54, 1.807) is 0 Å². The number of nitrogens with zero attached hydrogens (tertiary/aromatic N) is 2. The zero-order chi connectivity index (χ0) is 13.5. The van der Waals surface area contributed by atoms with Crippen LogP contribution < -0.4 is 0 Å². The minimum atomic E-state index is -0.0788. The molecule has 0 amide bonds. The molecule has 0 radical (unpaired) electrons. The fourth-order valence-corrected chi connectivity index (χ4v) is 2.68. The van der Waals surface area contributed by atoms with E-state index >= 15 is 0 Å². The minimum absolute atomic E-state index is 0.0663. The first-order chi connectivity index (χ1) is 8.60. The van der Waals surface area contributed by atoms with Crippen molar-refractivity contribution in [1.29, 1.82) is 0 Å². The molecule has 1 rings (SSSR count). The topological polar surface area (TPSA) is 32.8 Å². The highest BCUT2D eigenvalue weighted by Crippen LogP contribution is 2.19. The lowest BCUT2D eigenvalue weighted by atomic mass is 10.00. The molecule has 1 unspecified atom stereocenters. The number of ether oxygens (including phenoxy) is 1. The van der Waals surface area contributed by atoms with Crippen molar-refractivity contribution in [3.63, 3.8) is 0 Å². The molecule has 0 aliphatic carbocycles. The Morgan fingerprint density at radius 3 is 2.56 bits per heavy atom. The molecule has 1 heterocycles. The zero-order valence-corrected chi connectivity index (χ0v) is 12.3. The van der Waals surface area contributed by atoms with Gasteiger partial charge in [0.1, 0.15) is 6.04 Å². The van der Waals surface area contributed by atoms with Crippen molar-refractivity contribution in [3.05, 3.63) is 0 Å². The standard InChI is InChI=1S/C14H28N2O2/c1-5-6-7-13(14(17)18-4)16(3)12-8-10-15(2)11-9-12/h12-13H,5-11H2,1-4H3. The van der Waals surface area contributed by atoms with Crippen LogP contribution in [-0.2, 0) is 9.53 Å².